The minimum Gasteiger partial charge on any atom is -0.412 e. The van der Waals surface area contributed by atoms with Crippen LogP contribution in [0.1, 0.15) is 62.0 Å². The molecule has 44 heavy (non-hydrogen) atoms. The summed E-state index contributed by atoms with van der Waals surface area (Å²) >= 11 is 0. The number of hydrogen-bond acceptors (Lipinski definition) is 7. The third kappa shape index (κ3) is 6.00. The van der Waals surface area contributed by atoms with Gasteiger partial charge < -0.3 is 25.5 Å². The van der Waals surface area contributed by atoms with Gasteiger partial charge in [-0.15, -0.1) is 0 Å². The highest BCUT2D eigenvalue weighted by Gasteiger charge is 2.44. The maximum Gasteiger partial charge on any atom is 0.274 e. The smallest absolute Gasteiger partial charge is 0.274 e. The second-order valence-corrected chi connectivity index (χ2v) is 18.2. The number of nitrogens with two attached hydrogens (primary N) is 1. The van der Waals surface area contributed by atoms with Gasteiger partial charge in [-0.1, -0.05) is 33.8 Å². The molecule has 4 N–H and O–H groups in total. The second-order valence-electron chi connectivity index (χ2n) is 13.4. The Morgan fingerprint density at radius 2 is 1.80 bits per heavy atom. The Morgan fingerprint density at radius 1 is 1.11 bits per heavy atom. The summed E-state index contributed by atoms with van der Waals surface area (Å²) in [5, 5.41) is 13.5. The number of anilines is 2. The van der Waals surface area contributed by atoms with Crippen LogP contribution < -0.4 is 16.0 Å². The van der Waals surface area contributed by atoms with Crippen LogP contribution in [0.5, 0.6) is 0 Å². The lowest BCUT2D eigenvalue weighted by Gasteiger charge is -2.48. The van der Waals surface area contributed by atoms with Gasteiger partial charge in [-0.05, 0) is 55.2 Å². The molecule has 1 amide bonds. The summed E-state index contributed by atoms with van der Waals surface area (Å²) < 4.78 is 50.4. The first-order valence-corrected chi connectivity index (χ1v) is 17.8. The largest absolute Gasteiger partial charge is 0.412 e. The van der Waals surface area contributed by atoms with Crippen molar-refractivity contribution in [3.05, 3.63) is 70.9 Å². The minimum absolute atomic E-state index is 0.0232. The lowest BCUT2D eigenvalue weighted by Crippen LogP contribution is -2.60. The molecule has 0 saturated carbocycles. The zero-order chi connectivity index (χ0) is 32.1. The molecule has 0 unspecified atom stereocenters. The number of nitrogens with zero attached hydrogens (tertiary/aromatic N) is 3. The number of pyridine rings is 2. The number of carbonyl (C=O) groups excluding carboxylic acids is 1. The molecule has 2 aliphatic rings. The van der Waals surface area contributed by atoms with Crippen molar-refractivity contribution in [2.24, 2.45) is 11.7 Å². The number of carbonyl (C=O) groups is 1. The van der Waals surface area contributed by atoms with Crippen LogP contribution in [0.2, 0.25) is 18.1 Å². The van der Waals surface area contributed by atoms with E-state index in [9.17, 15) is 23.1 Å². The van der Waals surface area contributed by atoms with Crippen molar-refractivity contribution in [1.29, 1.82) is 0 Å². The van der Waals surface area contributed by atoms with Gasteiger partial charge in [0.2, 0.25) is 0 Å². The number of fused-ring (bicyclic) bond motifs is 1. The Balaban J connectivity index is 1.47. The number of piperidine rings is 1. The Bertz CT molecular complexity index is 1550. The molecule has 12 heteroatoms. The Labute approximate surface area is 257 Å². The SMILES string of the molecule is C[C@H]1CN(c2c(NC(=O)c3ccc(F)c(-c4c(F)cccc4F)n3)cnc3c2CC[C@H]3O)C[C@@H](N)[C@@H]1O[Si](C)(C)C(C)(C)C. The molecule has 236 valence electrons. The summed E-state index contributed by atoms with van der Waals surface area (Å²) in [6.45, 7) is 14.1. The highest BCUT2D eigenvalue weighted by atomic mass is 28.4. The van der Waals surface area contributed by atoms with Crippen LogP contribution in [0.4, 0.5) is 24.5 Å². The maximum atomic E-state index is 14.7. The van der Waals surface area contributed by atoms with Crippen molar-refractivity contribution < 1.29 is 27.5 Å². The number of benzene rings is 1. The summed E-state index contributed by atoms with van der Waals surface area (Å²) in [4.78, 5) is 24.0. The number of halogens is 3. The van der Waals surface area contributed by atoms with Gasteiger partial charge in [0.05, 0.1) is 41.0 Å². The monoisotopic (exact) mass is 627 g/mol. The van der Waals surface area contributed by atoms with Crippen LogP contribution in [-0.4, -0.2) is 54.5 Å². The van der Waals surface area contributed by atoms with Gasteiger partial charge in [-0.2, -0.15) is 0 Å². The highest BCUT2D eigenvalue weighted by molar-refractivity contribution is 6.74. The molecule has 1 saturated heterocycles. The number of aromatic nitrogens is 2. The average Bonchev–Trinajstić information content (AvgIpc) is 3.31. The van der Waals surface area contributed by atoms with Crippen LogP contribution in [0.25, 0.3) is 11.3 Å². The highest BCUT2D eigenvalue weighted by Crippen LogP contribution is 2.43. The summed E-state index contributed by atoms with van der Waals surface area (Å²) in [6, 6.07) is 4.94. The number of aliphatic hydroxyl groups excluding tert-OH is 1. The molecular formula is C32H40F3N5O3Si. The van der Waals surface area contributed by atoms with Crippen LogP contribution in [0, 0.1) is 23.4 Å². The number of hydrogen-bond donors (Lipinski definition) is 3. The first kappa shape index (κ1) is 32.1. The molecule has 3 aromatic rings. The van der Waals surface area contributed by atoms with E-state index in [-0.39, 0.29) is 28.8 Å². The summed E-state index contributed by atoms with van der Waals surface area (Å²) in [6.07, 6.45) is 1.66. The van der Waals surface area contributed by atoms with E-state index >= 15 is 0 Å². The third-order valence-corrected chi connectivity index (χ3v) is 13.6. The molecule has 4 atom stereocenters. The predicted octanol–water partition coefficient (Wildman–Crippen LogP) is 5.97. The van der Waals surface area contributed by atoms with Gasteiger partial charge in [-0.25, -0.2) is 18.2 Å². The van der Waals surface area contributed by atoms with Gasteiger partial charge in [0, 0.05) is 30.6 Å². The fourth-order valence-electron chi connectivity index (χ4n) is 5.82. The summed E-state index contributed by atoms with van der Waals surface area (Å²) in [5.74, 6) is -3.61. The molecule has 0 bridgehead atoms. The molecule has 1 aromatic carbocycles. The molecule has 0 radical (unpaired) electrons. The average molecular weight is 628 g/mol. The normalized spacial score (nSPS) is 22.2. The van der Waals surface area contributed by atoms with E-state index in [1.165, 1.54) is 6.20 Å². The van der Waals surface area contributed by atoms with E-state index in [0.29, 0.717) is 43.0 Å². The maximum absolute atomic E-state index is 14.7. The standard InChI is InChI=1S/C32H40F3N5O3Si/c1-17-15-40(16-22(36)30(17)43-44(5,6)32(2,3)4)29-18-10-13-25(41)27(18)37-14-24(29)39-31(42)23-12-11-21(35)28(38-23)26-19(33)8-7-9-20(26)34/h7-9,11-12,14,17,22,25,30,41H,10,13,15-16,36H2,1-6H3,(H,39,42)/t17-,22+,25+,30+/m0/s1. The number of aliphatic hydroxyl groups is 1. The third-order valence-electron chi connectivity index (χ3n) is 9.17. The van der Waals surface area contributed by atoms with Crippen LogP contribution >= 0.6 is 0 Å². The molecule has 5 rings (SSSR count). The second kappa shape index (κ2) is 11.9. The van der Waals surface area contributed by atoms with Crippen molar-refractivity contribution in [3.63, 3.8) is 0 Å². The minimum atomic E-state index is -2.09. The van der Waals surface area contributed by atoms with E-state index in [2.05, 4.69) is 61.0 Å². The number of nitrogens with one attached hydrogen (secondary N) is 1. The van der Waals surface area contributed by atoms with Crippen LogP contribution in [-0.2, 0) is 10.8 Å². The van der Waals surface area contributed by atoms with E-state index < -0.39 is 49.0 Å². The Hall–Kier alpha value is -3.32. The summed E-state index contributed by atoms with van der Waals surface area (Å²) in [5.41, 5.74) is 7.72. The lowest BCUT2D eigenvalue weighted by atomic mass is 9.92. The first-order valence-electron chi connectivity index (χ1n) is 14.9. The lowest BCUT2D eigenvalue weighted by molar-refractivity contribution is 0.0877. The van der Waals surface area contributed by atoms with Gasteiger partial charge >= 0.3 is 0 Å². The van der Waals surface area contributed by atoms with Crippen molar-refractivity contribution >= 4 is 25.6 Å². The van der Waals surface area contributed by atoms with Crippen LogP contribution in [0.3, 0.4) is 0 Å². The fraction of sp³-hybridized carbons (Fsp3) is 0.469. The van der Waals surface area contributed by atoms with E-state index in [4.69, 9.17) is 10.2 Å². The van der Waals surface area contributed by atoms with Crippen molar-refractivity contribution in [2.75, 3.05) is 23.3 Å². The van der Waals surface area contributed by atoms with Gasteiger partial charge in [-0.3, -0.25) is 9.78 Å². The zero-order valence-corrected chi connectivity index (χ0v) is 26.9. The molecule has 2 aromatic heterocycles. The number of rotatable bonds is 6. The van der Waals surface area contributed by atoms with E-state index in [0.717, 1.165) is 35.9 Å². The van der Waals surface area contributed by atoms with Gasteiger partial charge in [0.1, 0.15) is 28.8 Å². The molecule has 3 heterocycles. The van der Waals surface area contributed by atoms with Crippen LogP contribution in [0.15, 0.2) is 36.5 Å². The summed E-state index contributed by atoms with van der Waals surface area (Å²) in [7, 11) is -2.09. The van der Waals surface area contributed by atoms with E-state index in [1.807, 2.05) is 0 Å². The topological polar surface area (TPSA) is 114 Å². The molecule has 0 spiro atoms. The molecule has 1 fully saturated rings. The van der Waals surface area contributed by atoms with Crippen molar-refractivity contribution in [1.82, 2.24) is 9.97 Å². The number of amides is 1. The van der Waals surface area contributed by atoms with E-state index in [1.54, 1.807) is 0 Å². The molecule has 1 aliphatic carbocycles. The Morgan fingerprint density at radius 3 is 2.43 bits per heavy atom. The molecular weight excluding hydrogens is 587 g/mol. The molecule has 1 aliphatic heterocycles. The quantitative estimate of drug-likeness (QED) is 0.289. The predicted molar refractivity (Wildman–Crippen MR) is 166 cm³/mol. The fourth-order valence-corrected chi connectivity index (χ4v) is 7.27. The van der Waals surface area contributed by atoms with Crippen molar-refractivity contribution in [2.45, 2.75) is 76.9 Å². The van der Waals surface area contributed by atoms with Crippen molar-refractivity contribution in [3.8, 4) is 11.3 Å². The molecule has 8 nitrogen and oxygen atoms in total. The zero-order valence-electron chi connectivity index (χ0n) is 25.9. The first-order chi connectivity index (χ1) is 20.6. The Kier molecular flexibility index (Phi) is 8.66. The van der Waals surface area contributed by atoms with Gasteiger partial charge in [0.25, 0.3) is 5.91 Å². The van der Waals surface area contributed by atoms with Gasteiger partial charge in [0.15, 0.2) is 8.32 Å².